The van der Waals surface area contributed by atoms with Crippen LogP contribution in [0, 0.1) is 0 Å². The Hall–Kier alpha value is -2.49. The minimum atomic E-state index is -1.30. The molecule has 144 valence electrons. The van der Waals surface area contributed by atoms with Crippen molar-refractivity contribution in [3.8, 4) is 0 Å². The first-order valence-corrected chi connectivity index (χ1v) is 10.4. The highest BCUT2D eigenvalue weighted by molar-refractivity contribution is 8.26. The van der Waals surface area contributed by atoms with Crippen molar-refractivity contribution in [1.29, 1.82) is 0 Å². The van der Waals surface area contributed by atoms with Crippen molar-refractivity contribution in [2.75, 3.05) is 11.9 Å². The number of aromatic carboxylic acids is 1. The number of anilines is 1. The number of carboxylic acids is 1. The molecule has 6 nitrogen and oxygen atoms in total. The van der Waals surface area contributed by atoms with E-state index in [1.54, 1.807) is 17.4 Å². The number of rotatable bonds is 7. The Bertz CT molecular complexity index is 954. The van der Waals surface area contributed by atoms with Gasteiger partial charge in [-0.25, -0.2) is 0 Å². The maximum Gasteiger partial charge on any atom is 0.266 e. The molecule has 28 heavy (non-hydrogen) atoms. The van der Waals surface area contributed by atoms with Gasteiger partial charge in [0.25, 0.3) is 5.91 Å². The van der Waals surface area contributed by atoms with Crippen LogP contribution in [0.25, 0.3) is 6.08 Å². The lowest BCUT2D eigenvalue weighted by Gasteiger charge is -2.14. The van der Waals surface area contributed by atoms with Crippen LogP contribution in [0.4, 0.5) is 5.69 Å². The summed E-state index contributed by atoms with van der Waals surface area (Å²) in [5.41, 5.74) is 0.379. The smallest absolute Gasteiger partial charge is 0.266 e. The molecular weight excluding hydrogens is 416 g/mol. The minimum Gasteiger partial charge on any atom is -0.545 e. The highest BCUT2D eigenvalue weighted by Crippen LogP contribution is 2.33. The summed E-state index contributed by atoms with van der Waals surface area (Å²) < 4.78 is 0.481. The van der Waals surface area contributed by atoms with Crippen LogP contribution in [-0.2, 0) is 9.59 Å². The molecule has 0 bridgehead atoms. The topological polar surface area (TPSA) is 89.5 Å². The van der Waals surface area contributed by atoms with Crippen molar-refractivity contribution in [2.45, 2.75) is 12.8 Å². The summed E-state index contributed by atoms with van der Waals surface area (Å²) in [4.78, 5) is 38.5. The maximum absolute atomic E-state index is 12.5. The Balaban J connectivity index is 1.51. The van der Waals surface area contributed by atoms with Gasteiger partial charge in [-0.05, 0) is 41.6 Å². The van der Waals surface area contributed by atoms with Gasteiger partial charge in [0.15, 0.2) is 0 Å². The monoisotopic (exact) mass is 431 g/mol. The molecule has 1 aromatic carbocycles. The van der Waals surface area contributed by atoms with E-state index in [-0.39, 0.29) is 23.8 Å². The number of carbonyl (C=O) groups is 3. The van der Waals surface area contributed by atoms with Crippen LogP contribution in [0.3, 0.4) is 0 Å². The first-order chi connectivity index (χ1) is 13.4. The molecule has 2 heterocycles. The van der Waals surface area contributed by atoms with Gasteiger partial charge in [0.1, 0.15) is 4.32 Å². The fraction of sp³-hybridized carbons (Fsp3) is 0.158. The highest BCUT2D eigenvalue weighted by Gasteiger charge is 2.31. The van der Waals surface area contributed by atoms with Gasteiger partial charge in [0.2, 0.25) is 5.91 Å². The van der Waals surface area contributed by atoms with Gasteiger partial charge in [-0.3, -0.25) is 14.5 Å². The lowest BCUT2D eigenvalue weighted by atomic mass is 10.2. The second-order valence-electron chi connectivity index (χ2n) is 5.87. The Morgan fingerprint density at radius 3 is 2.79 bits per heavy atom. The quantitative estimate of drug-likeness (QED) is 0.536. The summed E-state index contributed by atoms with van der Waals surface area (Å²) in [6, 6.07) is 9.70. The van der Waals surface area contributed by atoms with E-state index in [1.807, 2.05) is 23.6 Å². The van der Waals surface area contributed by atoms with Crippen molar-refractivity contribution < 1.29 is 19.5 Å². The van der Waals surface area contributed by atoms with Crippen LogP contribution < -0.4 is 10.4 Å². The van der Waals surface area contributed by atoms with Gasteiger partial charge in [-0.2, -0.15) is 0 Å². The molecule has 0 radical (unpaired) electrons. The molecule has 1 saturated heterocycles. The van der Waals surface area contributed by atoms with Gasteiger partial charge >= 0.3 is 0 Å². The first-order valence-electron chi connectivity index (χ1n) is 8.34. The molecule has 1 aromatic heterocycles. The summed E-state index contributed by atoms with van der Waals surface area (Å²) in [6.07, 6.45) is 2.43. The fourth-order valence-corrected chi connectivity index (χ4v) is 4.57. The van der Waals surface area contributed by atoms with Crippen LogP contribution in [-0.4, -0.2) is 33.5 Å². The molecular formula is C19H15N2O4S3-. The third-order valence-corrected chi connectivity index (χ3v) is 6.05. The molecule has 0 spiro atoms. The summed E-state index contributed by atoms with van der Waals surface area (Å²) in [7, 11) is 0. The summed E-state index contributed by atoms with van der Waals surface area (Å²) in [6.45, 7) is 0.346. The lowest BCUT2D eigenvalue weighted by molar-refractivity contribution is -0.255. The average molecular weight is 432 g/mol. The Kier molecular flexibility index (Phi) is 6.61. The molecule has 0 saturated carbocycles. The number of hydrogen-bond acceptors (Lipinski definition) is 7. The zero-order valence-electron chi connectivity index (χ0n) is 14.5. The standard InChI is InChI=1S/C19H16N2O4S3/c22-16(20-13-5-1-4-12(10-13)18(24)25)7-2-8-21-17(23)15(28-19(21)26)11-14-6-3-9-27-14/h1,3-6,9-11H,2,7-8H2,(H,20,22)(H,24,25)/p-1/b15-11-. The fourth-order valence-electron chi connectivity index (χ4n) is 2.54. The number of carboxylic acid groups (broad SMARTS) is 1. The molecule has 3 rings (SSSR count). The normalized spacial score (nSPS) is 15.3. The highest BCUT2D eigenvalue weighted by atomic mass is 32.2. The largest absolute Gasteiger partial charge is 0.545 e. The van der Waals surface area contributed by atoms with E-state index in [9.17, 15) is 19.5 Å². The van der Waals surface area contributed by atoms with Crippen LogP contribution in [0.2, 0.25) is 0 Å². The summed E-state index contributed by atoms with van der Waals surface area (Å²) in [5.74, 6) is -1.72. The number of thiophene rings is 1. The molecule has 2 amide bonds. The lowest BCUT2D eigenvalue weighted by Crippen LogP contribution is -2.29. The number of hydrogen-bond donors (Lipinski definition) is 1. The van der Waals surface area contributed by atoms with Crippen molar-refractivity contribution >= 4 is 69.2 Å². The van der Waals surface area contributed by atoms with Gasteiger partial charge in [-0.1, -0.05) is 42.2 Å². The average Bonchev–Trinajstić information content (AvgIpc) is 3.25. The van der Waals surface area contributed by atoms with Gasteiger partial charge in [0.05, 0.1) is 10.9 Å². The molecule has 0 unspecified atom stereocenters. The molecule has 1 fully saturated rings. The molecule has 2 aromatic rings. The Labute approximate surface area is 175 Å². The van der Waals surface area contributed by atoms with E-state index in [4.69, 9.17) is 12.2 Å². The molecule has 1 N–H and O–H groups in total. The number of benzene rings is 1. The Morgan fingerprint density at radius 2 is 2.07 bits per heavy atom. The maximum atomic E-state index is 12.5. The van der Waals surface area contributed by atoms with E-state index in [1.165, 1.54) is 34.9 Å². The first kappa shape index (κ1) is 20.2. The predicted octanol–water partition coefficient (Wildman–Crippen LogP) is 2.73. The Morgan fingerprint density at radius 1 is 1.25 bits per heavy atom. The van der Waals surface area contributed by atoms with Crippen molar-refractivity contribution in [2.24, 2.45) is 0 Å². The molecule has 0 atom stereocenters. The number of carbonyl (C=O) groups excluding carboxylic acids is 3. The molecule has 9 heteroatoms. The minimum absolute atomic E-state index is 0.00658. The van der Waals surface area contributed by atoms with E-state index in [0.717, 1.165) is 4.88 Å². The molecule has 1 aliphatic rings. The number of thioether (sulfide) groups is 1. The number of nitrogens with zero attached hydrogens (tertiary/aromatic N) is 1. The third kappa shape index (κ3) is 5.06. The van der Waals surface area contributed by atoms with E-state index in [0.29, 0.717) is 27.9 Å². The van der Waals surface area contributed by atoms with Crippen LogP contribution in [0.1, 0.15) is 28.1 Å². The van der Waals surface area contributed by atoms with Crippen molar-refractivity contribution in [1.82, 2.24) is 4.90 Å². The van der Waals surface area contributed by atoms with Crippen LogP contribution in [0.5, 0.6) is 0 Å². The van der Waals surface area contributed by atoms with Gasteiger partial charge in [0, 0.05) is 23.5 Å². The van der Waals surface area contributed by atoms with E-state index >= 15 is 0 Å². The van der Waals surface area contributed by atoms with Crippen LogP contribution >= 0.6 is 35.3 Å². The zero-order valence-corrected chi connectivity index (χ0v) is 17.0. The van der Waals surface area contributed by atoms with Gasteiger partial charge < -0.3 is 15.2 Å². The SMILES string of the molecule is O=C(CCCN1C(=O)/C(=C/c2cccs2)SC1=S)Nc1cccc(C(=O)[O-])c1. The number of nitrogens with one attached hydrogen (secondary N) is 1. The van der Waals surface area contributed by atoms with Crippen LogP contribution in [0.15, 0.2) is 46.7 Å². The third-order valence-electron chi connectivity index (χ3n) is 3.86. The van der Waals surface area contributed by atoms with E-state index in [2.05, 4.69) is 5.32 Å². The molecule has 1 aliphatic heterocycles. The number of thiocarbonyl (C=S) groups is 1. The second kappa shape index (κ2) is 9.13. The molecule has 0 aliphatic carbocycles. The second-order valence-corrected chi connectivity index (χ2v) is 8.52. The number of amides is 2. The van der Waals surface area contributed by atoms with Gasteiger partial charge in [-0.15, -0.1) is 11.3 Å². The van der Waals surface area contributed by atoms with Crippen molar-refractivity contribution in [3.05, 3.63) is 57.1 Å². The predicted molar refractivity (Wildman–Crippen MR) is 113 cm³/mol. The summed E-state index contributed by atoms with van der Waals surface area (Å²) >= 11 is 8.08. The summed E-state index contributed by atoms with van der Waals surface area (Å²) in [5, 5.41) is 15.4. The van der Waals surface area contributed by atoms with Crippen molar-refractivity contribution in [3.63, 3.8) is 0 Å². The van der Waals surface area contributed by atoms with E-state index < -0.39 is 5.97 Å². The zero-order chi connectivity index (χ0) is 20.1.